The Morgan fingerprint density at radius 3 is 2.19 bits per heavy atom. The first-order chi connectivity index (χ1) is 14.8. The van der Waals surface area contributed by atoms with Crippen LogP contribution in [0.5, 0.6) is 0 Å². The predicted molar refractivity (Wildman–Crippen MR) is 123 cm³/mol. The lowest BCUT2D eigenvalue weighted by Gasteiger charge is -2.13. The largest absolute Gasteiger partial charge is 0.463 e. The molecule has 0 saturated heterocycles. The molecule has 31 heavy (non-hydrogen) atoms. The number of amides is 2. The lowest BCUT2D eigenvalue weighted by atomic mass is 10.1. The Morgan fingerprint density at radius 1 is 0.935 bits per heavy atom. The first kappa shape index (κ1) is 23.7. The number of carbonyl (C=O) groups excluding carboxylic acids is 3. The molecule has 0 saturated carbocycles. The summed E-state index contributed by atoms with van der Waals surface area (Å²) in [7, 11) is 0. The van der Waals surface area contributed by atoms with Crippen LogP contribution in [0.25, 0.3) is 6.08 Å². The molecule has 7 heteroatoms. The maximum Gasteiger partial charge on any atom is 0.330 e. The van der Waals surface area contributed by atoms with Gasteiger partial charge in [0.15, 0.2) is 0 Å². The predicted octanol–water partition coefficient (Wildman–Crippen LogP) is 3.35. The van der Waals surface area contributed by atoms with Crippen LogP contribution in [-0.2, 0) is 19.1 Å². The molecule has 164 valence electrons. The van der Waals surface area contributed by atoms with Crippen LogP contribution in [0, 0.1) is 20.8 Å². The number of aryl methyl sites for hydroxylation is 3. The molecule has 2 amide bonds. The van der Waals surface area contributed by atoms with Gasteiger partial charge in [-0.1, -0.05) is 29.8 Å². The highest BCUT2D eigenvalue weighted by Gasteiger charge is 2.10. The minimum atomic E-state index is -0.391. The Labute approximate surface area is 182 Å². The summed E-state index contributed by atoms with van der Waals surface area (Å²) < 4.78 is 4.83. The highest BCUT2D eigenvalue weighted by Crippen LogP contribution is 2.21. The van der Waals surface area contributed by atoms with Gasteiger partial charge in [-0.25, -0.2) is 4.79 Å². The highest BCUT2D eigenvalue weighted by atomic mass is 16.5. The summed E-state index contributed by atoms with van der Waals surface area (Å²) in [6.07, 6.45) is 3.02. The van der Waals surface area contributed by atoms with Gasteiger partial charge in [0.25, 0.3) is 0 Å². The molecule has 0 aliphatic heterocycles. The average Bonchev–Trinajstić information content (AvgIpc) is 2.72. The van der Waals surface area contributed by atoms with E-state index in [1.54, 1.807) is 25.1 Å². The zero-order valence-electron chi connectivity index (χ0n) is 18.4. The third kappa shape index (κ3) is 7.97. The maximum atomic E-state index is 12.2. The Balaban J connectivity index is 1.77. The van der Waals surface area contributed by atoms with E-state index in [0.29, 0.717) is 6.61 Å². The van der Waals surface area contributed by atoms with Crippen molar-refractivity contribution >= 4 is 35.2 Å². The number of nitrogens with one attached hydrogen (secondary N) is 3. The standard InChI is InChI=1S/C24H29N3O4/c1-5-31-23(30)11-8-19-6-9-20(10-7-19)25-14-21(28)26-15-22(29)27-24-17(3)12-16(2)13-18(24)4/h6-13,25H,5,14-15H2,1-4H3,(H,26,28)(H,27,29)/b11-8+. The number of anilines is 2. The molecule has 2 rings (SSSR count). The van der Waals surface area contributed by atoms with Gasteiger partial charge >= 0.3 is 5.97 Å². The molecule has 0 atom stereocenters. The number of ether oxygens (including phenoxy) is 1. The summed E-state index contributed by atoms with van der Waals surface area (Å²) in [5.41, 5.74) is 5.47. The van der Waals surface area contributed by atoms with Crippen molar-refractivity contribution in [3.05, 3.63) is 64.7 Å². The number of esters is 1. The normalized spacial score (nSPS) is 10.6. The summed E-state index contributed by atoms with van der Waals surface area (Å²) in [5, 5.41) is 8.45. The van der Waals surface area contributed by atoms with E-state index in [4.69, 9.17) is 4.74 Å². The van der Waals surface area contributed by atoms with Gasteiger partial charge in [-0.05, 0) is 62.6 Å². The molecular weight excluding hydrogens is 394 g/mol. The monoisotopic (exact) mass is 423 g/mol. The third-order valence-electron chi connectivity index (χ3n) is 4.45. The summed E-state index contributed by atoms with van der Waals surface area (Å²) in [6, 6.07) is 11.2. The molecule has 0 heterocycles. The van der Waals surface area contributed by atoms with E-state index < -0.39 is 5.97 Å². The molecule has 0 aliphatic rings. The first-order valence-corrected chi connectivity index (χ1v) is 10.1. The molecule has 0 fully saturated rings. The topological polar surface area (TPSA) is 96.5 Å². The first-order valence-electron chi connectivity index (χ1n) is 10.1. The molecular formula is C24H29N3O4. The maximum absolute atomic E-state index is 12.2. The Bertz CT molecular complexity index is 942. The van der Waals surface area contributed by atoms with Gasteiger partial charge in [0.2, 0.25) is 11.8 Å². The second-order valence-electron chi connectivity index (χ2n) is 7.16. The number of benzene rings is 2. The second-order valence-corrected chi connectivity index (χ2v) is 7.16. The zero-order chi connectivity index (χ0) is 22.8. The molecule has 0 aliphatic carbocycles. The van der Waals surface area contributed by atoms with E-state index >= 15 is 0 Å². The second kappa shape index (κ2) is 11.5. The quantitative estimate of drug-likeness (QED) is 0.425. The van der Waals surface area contributed by atoms with Crippen molar-refractivity contribution in [1.82, 2.24) is 5.32 Å². The van der Waals surface area contributed by atoms with Crippen molar-refractivity contribution in [1.29, 1.82) is 0 Å². The van der Waals surface area contributed by atoms with Crippen molar-refractivity contribution in [3.63, 3.8) is 0 Å². The van der Waals surface area contributed by atoms with Crippen LogP contribution < -0.4 is 16.0 Å². The molecule has 0 bridgehead atoms. The number of hydrogen-bond donors (Lipinski definition) is 3. The molecule has 0 spiro atoms. The van der Waals surface area contributed by atoms with Gasteiger partial charge in [-0.15, -0.1) is 0 Å². The summed E-state index contributed by atoms with van der Waals surface area (Å²) in [5.74, 6) is -0.960. The molecule has 3 N–H and O–H groups in total. The highest BCUT2D eigenvalue weighted by molar-refractivity contribution is 5.96. The van der Waals surface area contributed by atoms with Crippen LogP contribution in [-0.4, -0.2) is 37.5 Å². The molecule has 2 aromatic carbocycles. The van der Waals surface area contributed by atoms with Crippen LogP contribution in [0.15, 0.2) is 42.5 Å². The van der Waals surface area contributed by atoms with Gasteiger partial charge in [0, 0.05) is 17.5 Å². The fourth-order valence-corrected chi connectivity index (χ4v) is 3.05. The summed E-state index contributed by atoms with van der Waals surface area (Å²) >= 11 is 0. The Kier molecular flexibility index (Phi) is 8.81. The van der Waals surface area contributed by atoms with Crippen LogP contribution in [0.3, 0.4) is 0 Å². The van der Waals surface area contributed by atoms with Gasteiger partial charge < -0.3 is 20.7 Å². The van der Waals surface area contributed by atoms with Crippen molar-refractivity contribution in [2.24, 2.45) is 0 Å². The van der Waals surface area contributed by atoms with Crippen LogP contribution in [0.1, 0.15) is 29.2 Å². The van der Waals surface area contributed by atoms with E-state index in [9.17, 15) is 14.4 Å². The third-order valence-corrected chi connectivity index (χ3v) is 4.45. The smallest absolute Gasteiger partial charge is 0.330 e. The van der Waals surface area contributed by atoms with Crippen molar-refractivity contribution in [2.45, 2.75) is 27.7 Å². The van der Waals surface area contributed by atoms with Crippen LogP contribution >= 0.6 is 0 Å². The molecule has 0 aromatic heterocycles. The van der Waals surface area contributed by atoms with Gasteiger partial charge in [0.1, 0.15) is 0 Å². The SMILES string of the molecule is CCOC(=O)/C=C/c1ccc(NCC(=O)NCC(=O)Nc2c(C)cc(C)cc2C)cc1. The fourth-order valence-electron chi connectivity index (χ4n) is 3.05. The van der Waals surface area contributed by atoms with E-state index in [1.807, 2.05) is 45.0 Å². The van der Waals surface area contributed by atoms with Crippen molar-refractivity contribution in [2.75, 3.05) is 30.3 Å². The Morgan fingerprint density at radius 2 is 1.58 bits per heavy atom. The van der Waals surface area contributed by atoms with Gasteiger partial charge in [0.05, 0.1) is 19.7 Å². The molecule has 0 radical (unpaired) electrons. The lowest BCUT2D eigenvalue weighted by molar-refractivity contribution is -0.137. The molecule has 2 aromatic rings. The summed E-state index contributed by atoms with van der Waals surface area (Å²) in [4.78, 5) is 35.5. The van der Waals surface area contributed by atoms with E-state index in [-0.39, 0.29) is 24.9 Å². The fraction of sp³-hybridized carbons (Fsp3) is 0.292. The molecule has 0 unspecified atom stereocenters. The Hall–Kier alpha value is -3.61. The number of hydrogen-bond acceptors (Lipinski definition) is 5. The number of rotatable bonds is 9. The van der Waals surface area contributed by atoms with Crippen molar-refractivity contribution < 1.29 is 19.1 Å². The minimum Gasteiger partial charge on any atom is -0.463 e. The van der Waals surface area contributed by atoms with Crippen LogP contribution in [0.2, 0.25) is 0 Å². The molecule has 7 nitrogen and oxygen atoms in total. The zero-order valence-corrected chi connectivity index (χ0v) is 18.4. The lowest BCUT2D eigenvalue weighted by Crippen LogP contribution is -2.36. The number of carbonyl (C=O) groups is 3. The van der Waals surface area contributed by atoms with Crippen molar-refractivity contribution in [3.8, 4) is 0 Å². The van der Waals surface area contributed by atoms with Gasteiger partial charge in [-0.3, -0.25) is 9.59 Å². The van der Waals surface area contributed by atoms with Gasteiger partial charge in [-0.2, -0.15) is 0 Å². The summed E-state index contributed by atoms with van der Waals surface area (Å²) in [6.45, 7) is 7.90. The van der Waals surface area contributed by atoms with E-state index in [2.05, 4.69) is 16.0 Å². The van der Waals surface area contributed by atoms with E-state index in [0.717, 1.165) is 33.6 Å². The minimum absolute atomic E-state index is 0.0356. The van der Waals surface area contributed by atoms with Crippen LogP contribution in [0.4, 0.5) is 11.4 Å². The van der Waals surface area contributed by atoms with E-state index in [1.165, 1.54) is 6.08 Å². The average molecular weight is 424 g/mol.